The Morgan fingerprint density at radius 2 is 1.82 bits per heavy atom. The molecule has 4 aliphatic carbocycles. The number of rotatable bonds is 7. The first kappa shape index (κ1) is 29.5. The first-order valence-corrected chi connectivity index (χ1v) is 16.6. The molecule has 39 heavy (non-hydrogen) atoms. The number of fused-ring (bicyclic) bond motifs is 5. The number of halogens is 2. The quantitative estimate of drug-likeness (QED) is 0.240. The van der Waals surface area contributed by atoms with Crippen molar-refractivity contribution in [2.75, 3.05) is 0 Å². The van der Waals surface area contributed by atoms with Crippen LogP contribution in [-0.4, -0.2) is 12.1 Å². The van der Waals surface area contributed by atoms with Crippen LogP contribution in [0.5, 0.6) is 0 Å². The van der Waals surface area contributed by atoms with Crippen molar-refractivity contribution in [3.63, 3.8) is 0 Å². The van der Waals surface area contributed by atoms with Crippen LogP contribution in [0.15, 0.2) is 29.8 Å². The Morgan fingerprint density at radius 1 is 1.03 bits per heavy atom. The molecule has 0 heterocycles. The minimum atomic E-state index is -0.330. The third kappa shape index (κ3) is 5.99. The molecule has 0 radical (unpaired) electrons. The van der Waals surface area contributed by atoms with Crippen molar-refractivity contribution in [3.8, 4) is 0 Å². The van der Waals surface area contributed by atoms with Crippen LogP contribution in [0.4, 0.5) is 0 Å². The second-order valence-electron chi connectivity index (χ2n) is 14.7. The molecule has 0 unspecified atom stereocenters. The summed E-state index contributed by atoms with van der Waals surface area (Å²) >= 11 is 12.3. The van der Waals surface area contributed by atoms with Crippen LogP contribution < -0.4 is 0 Å². The highest BCUT2D eigenvalue weighted by molar-refractivity contribution is 6.36. The van der Waals surface area contributed by atoms with Crippen LogP contribution in [0.1, 0.15) is 122 Å². The Kier molecular flexibility index (Phi) is 8.86. The Morgan fingerprint density at radius 3 is 2.56 bits per heavy atom. The van der Waals surface area contributed by atoms with Crippen LogP contribution in [-0.2, 0) is 4.74 Å². The van der Waals surface area contributed by atoms with Crippen LogP contribution in [0, 0.1) is 46.3 Å². The highest BCUT2D eigenvalue weighted by Crippen LogP contribution is 2.65. The summed E-state index contributed by atoms with van der Waals surface area (Å²) in [5.74, 6) is 4.75. The summed E-state index contributed by atoms with van der Waals surface area (Å²) in [6.07, 6.45) is 17.9. The maximum absolute atomic E-state index is 12.9. The fourth-order valence-electron chi connectivity index (χ4n) is 9.47. The summed E-state index contributed by atoms with van der Waals surface area (Å²) in [5.41, 5.74) is 2.73. The van der Waals surface area contributed by atoms with Gasteiger partial charge in [-0.2, -0.15) is 0 Å². The van der Waals surface area contributed by atoms with Gasteiger partial charge in [0.25, 0.3) is 0 Å². The van der Waals surface area contributed by atoms with E-state index in [0.29, 0.717) is 21.0 Å². The lowest BCUT2D eigenvalue weighted by Crippen LogP contribution is -2.52. The lowest BCUT2D eigenvalue weighted by atomic mass is 9.44. The van der Waals surface area contributed by atoms with E-state index in [2.05, 4.69) is 40.7 Å². The molecular weight excluding hydrogens is 523 g/mol. The smallest absolute Gasteiger partial charge is 0.339 e. The van der Waals surface area contributed by atoms with Gasteiger partial charge in [0.05, 0.1) is 10.6 Å². The second-order valence-corrected chi connectivity index (χ2v) is 15.5. The molecule has 1 aromatic carbocycles. The standard InChI is InChI=1S/C35H50Cl2O2/c1-22(2)7-6-8-23(3)24-9-14-30-28-12-10-25-19-27(39-33(38)29-13-11-26(36)20-32(29)37)15-18-35(25,5)31(28)16-17-34(30,4)21-24/h10-11,13,20,22-24,27-28,30-31H,6-9,12,14-19,21H2,1-5H3/t23-,24+,27+,28-,30+,31+,34+,35-/m0/s1. The number of carbonyl (C=O) groups is 1. The Bertz CT molecular complexity index is 1080. The van der Waals surface area contributed by atoms with Gasteiger partial charge in [0, 0.05) is 11.4 Å². The molecule has 216 valence electrons. The Balaban J connectivity index is 1.23. The highest BCUT2D eigenvalue weighted by Gasteiger charge is 2.56. The van der Waals surface area contributed by atoms with Crippen LogP contribution in [0.3, 0.4) is 0 Å². The SMILES string of the molecule is CC(C)CCC[C@H](C)[C@@H]1CC[C@@H]2[C@@H]3CC=C4C[C@H](OC(=O)c5ccc(Cl)cc5Cl)CC[C@]4(C)[C@@H]3CC[C@]2(C)C1. The van der Waals surface area contributed by atoms with Crippen molar-refractivity contribution in [1.29, 1.82) is 0 Å². The first-order valence-electron chi connectivity index (χ1n) is 15.9. The highest BCUT2D eigenvalue weighted by atomic mass is 35.5. The van der Waals surface area contributed by atoms with Crippen molar-refractivity contribution in [2.24, 2.45) is 46.3 Å². The average molecular weight is 574 g/mol. The van der Waals surface area contributed by atoms with Gasteiger partial charge in [-0.25, -0.2) is 4.79 Å². The van der Waals surface area contributed by atoms with Gasteiger partial charge in [-0.1, -0.05) is 88.7 Å². The van der Waals surface area contributed by atoms with Gasteiger partial charge in [-0.15, -0.1) is 0 Å². The van der Waals surface area contributed by atoms with E-state index in [0.717, 1.165) is 54.8 Å². The Labute approximate surface area is 247 Å². The largest absolute Gasteiger partial charge is 0.458 e. The van der Waals surface area contributed by atoms with Crippen molar-refractivity contribution < 1.29 is 9.53 Å². The number of esters is 1. The van der Waals surface area contributed by atoms with Crippen molar-refractivity contribution in [3.05, 3.63) is 45.5 Å². The number of allylic oxidation sites excluding steroid dienone is 1. The molecule has 0 bridgehead atoms. The number of carbonyl (C=O) groups excluding carboxylic acids is 1. The monoisotopic (exact) mass is 572 g/mol. The molecule has 0 amide bonds. The fraction of sp³-hybridized carbons (Fsp3) is 0.743. The number of benzene rings is 1. The van der Waals surface area contributed by atoms with Crippen LogP contribution >= 0.6 is 23.2 Å². The minimum Gasteiger partial charge on any atom is -0.458 e. The summed E-state index contributed by atoms with van der Waals surface area (Å²) in [6.45, 7) is 12.4. The lowest BCUT2D eigenvalue weighted by molar-refractivity contribution is -0.0866. The zero-order valence-electron chi connectivity index (χ0n) is 24.9. The summed E-state index contributed by atoms with van der Waals surface area (Å²) in [7, 11) is 0. The van der Waals surface area contributed by atoms with Gasteiger partial charge >= 0.3 is 5.97 Å². The molecule has 4 heteroatoms. The molecular formula is C35H50Cl2O2. The average Bonchev–Trinajstić information content (AvgIpc) is 2.87. The lowest BCUT2D eigenvalue weighted by Gasteiger charge is -2.61. The third-order valence-corrected chi connectivity index (χ3v) is 12.4. The van der Waals surface area contributed by atoms with E-state index in [1.165, 1.54) is 57.8 Å². The molecule has 4 aliphatic rings. The summed E-state index contributed by atoms with van der Waals surface area (Å²) in [5, 5.41) is 0.887. The Hall–Kier alpha value is -0.990. The van der Waals surface area contributed by atoms with E-state index in [9.17, 15) is 4.79 Å². The van der Waals surface area contributed by atoms with Crippen molar-refractivity contribution in [1.82, 2.24) is 0 Å². The number of hydrogen-bond acceptors (Lipinski definition) is 2. The molecule has 0 spiro atoms. The number of hydrogen-bond donors (Lipinski definition) is 0. The summed E-state index contributed by atoms with van der Waals surface area (Å²) in [4.78, 5) is 12.9. The van der Waals surface area contributed by atoms with Crippen molar-refractivity contribution >= 4 is 29.2 Å². The summed E-state index contributed by atoms with van der Waals surface area (Å²) < 4.78 is 6.00. The second kappa shape index (κ2) is 11.7. The maximum Gasteiger partial charge on any atom is 0.339 e. The van der Waals surface area contributed by atoms with Crippen molar-refractivity contribution in [2.45, 2.75) is 118 Å². The molecule has 0 N–H and O–H groups in total. The molecule has 2 nitrogen and oxygen atoms in total. The van der Waals surface area contributed by atoms with E-state index >= 15 is 0 Å². The molecule has 0 aliphatic heterocycles. The minimum absolute atomic E-state index is 0.0680. The van der Waals surface area contributed by atoms with E-state index in [1.54, 1.807) is 23.8 Å². The predicted octanol–water partition coefficient (Wildman–Crippen LogP) is 11.0. The molecule has 1 aromatic rings. The van der Waals surface area contributed by atoms with E-state index < -0.39 is 0 Å². The molecule has 8 atom stereocenters. The predicted molar refractivity (Wildman–Crippen MR) is 163 cm³/mol. The molecule has 0 aromatic heterocycles. The van der Waals surface area contributed by atoms with Gasteiger partial charge < -0.3 is 4.74 Å². The molecule has 3 saturated carbocycles. The van der Waals surface area contributed by atoms with Gasteiger partial charge in [0.15, 0.2) is 0 Å². The molecule has 5 rings (SSSR count). The number of ether oxygens (including phenoxy) is 1. The first-order chi connectivity index (χ1) is 18.5. The van der Waals surface area contributed by atoms with Gasteiger partial charge in [-0.05, 0) is 116 Å². The van der Waals surface area contributed by atoms with Gasteiger partial charge in [0.2, 0.25) is 0 Å². The van der Waals surface area contributed by atoms with Crippen LogP contribution in [0.2, 0.25) is 10.0 Å². The van der Waals surface area contributed by atoms with Crippen LogP contribution in [0.25, 0.3) is 0 Å². The topological polar surface area (TPSA) is 26.3 Å². The zero-order chi connectivity index (χ0) is 27.9. The van der Waals surface area contributed by atoms with E-state index in [4.69, 9.17) is 27.9 Å². The normalized spacial score (nSPS) is 36.8. The third-order valence-electron chi connectivity index (χ3n) is 11.8. The fourth-order valence-corrected chi connectivity index (χ4v) is 9.96. The summed E-state index contributed by atoms with van der Waals surface area (Å²) in [6, 6.07) is 4.98. The van der Waals surface area contributed by atoms with Gasteiger partial charge in [0.1, 0.15) is 6.10 Å². The zero-order valence-corrected chi connectivity index (χ0v) is 26.4. The molecule has 0 saturated heterocycles. The maximum atomic E-state index is 12.9. The molecule has 3 fully saturated rings. The van der Waals surface area contributed by atoms with E-state index in [1.807, 2.05) is 0 Å². The van der Waals surface area contributed by atoms with Gasteiger partial charge in [-0.3, -0.25) is 0 Å². The van der Waals surface area contributed by atoms with E-state index in [-0.39, 0.29) is 17.5 Å².